The average Bonchev–Trinajstić information content (AvgIpc) is 2.64. The minimum absolute atomic E-state index is 0.254. The number of pyridine rings is 2. The van der Waals surface area contributed by atoms with Crippen molar-refractivity contribution in [3.05, 3.63) is 48.8 Å². The molecule has 4 N–H and O–H groups in total. The van der Waals surface area contributed by atoms with E-state index in [0.717, 1.165) is 43.9 Å². The molecule has 2 aromatic heterocycles. The van der Waals surface area contributed by atoms with E-state index in [9.17, 15) is 4.79 Å². The zero-order chi connectivity index (χ0) is 17.6. The minimum Gasteiger partial charge on any atom is -0.481 e. The third kappa shape index (κ3) is 7.17. The van der Waals surface area contributed by atoms with E-state index in [1.165, 1.54) is 0 Å². The van der Waals surface area contributed by atoms with Crippen molar-refractivity contribution in [2.75, 3.05) is 11.4 Å². The van der Waals surface area contributed by atoms with Crippen LogP contribution in [-0.4, -0.2) is 32.8 Å². The van der Waals surface area contributed by atoms with Crippen molar-refractivity contribution >= 4 is 17.6 Å². The summed E-state index contributed by atoms with van der Waals surface area (Å²) in [5, 5.41) is 15.1. The molecule has 0 saturated heterocycles. The first-order chi connectivity index (χ1) is 11.8. The lowest BCUT2D eigenvalue weighted by molar-refractivity contribution is -0.137. The molecular formula is C17H24N4O3. The van der Waals surface area contributed by atoms with E-state index in [2.05, 4.69) is 20.8 Å². The number of carbonyl (C=O) groups is 1. The van der Waals surface area contributed by atoms with Crippen LogP contribution in [0.2, 0.25) is 0 Å². The number of aromatic nitrogens is 2. The standard InChI is InChI=1S/C17H21N3O2.H3NO/c21-17(22)11-3-1-2-8-14-20(15-9-4-6-12-18-15)16-10-5-7-13-19-16;1-2/h4-7,9-10,12-13H,1-3,8,11,14H2,(H,21,22);2H,1H2. The third-order valence-electron chi connectivity index (χ3n) is 3.37. The van der Waals surface area contributed by atoms with E-state index < -0.39 is 5.97 Å². The number of anilines is 2. The number of hydrogen-bond acceptors (Lipinski definition) is 6. The summed E-state index contributed by atoms with van der Waals surface area (Å²) >= 11 is 0. The molecule has 2 aromatic rings. The number of nitrogens with zero attached hydrogens (tertiary/aromatic N) is 3. The lowest BCUT2D eigenvalue weighted by Crippen LogP contribution is -2.20. The zero-order valence-electron chi connectivity index (χ0n) is 13.6. The van der Waals surface area contributed by atoms with Gasteiger partial charge in [0.15, 0.2) is 0 Å². The summed E-state index contributed by atoms with van der Waals surface area (Å²) in [6, 6.07) is 11.7. The molecule has 0 spiro atoms. The first kappa shape index (κ1) is 19.5. The molecule has 0 fully saturated rings. The summed E-state index contributed by atoms with van der Waals surface area (Å²) in [7, 11) is 0. The lowest BCUT2D eigenvalue weighted by Gasteiger charge is -2.22. The lowest BCUT2D eigenvalue weighted by atomic mass is 10.1. The summed E-state index contributed by atoms with van der Waals surface area (Å²) in [4.78, 5) is 21.4. The van der Waals surface area contributed by atoms with E-state index in [1.807, 2.05) is 36.4 Å². The average molecular weight is 332 g/mol. The Morgan fingerprint density at radius 3 is 1.92 bits per heavy atom. The van der Waals surface area contributed by atoms with Gasteiger partial charge in [0.2, 0.25) is 0 Å². The first-order valence-corrected chi connectivity index (χ1v) is 7.84. The van der Waals surface area contributed by atoms with Crippen molar-refractivity contribution in [1.29, 1.82) is 0 Å². The number of hydrogen-bond donors (Lipinski definition) is 3. The Morgan fingerprint density at radius 2 is 1.46 bits per heavy atom. The largest absolute Gasteiger partial charge is 0.481 e. The maximum atomic E-state index is 10.5. The second-order valence-electron chi connectivity index (χ2n) is 5.09. The van der Waals surface area contributed by atoms with Gasteiger partial charge in [-0.15, -0.1) is 0 Å². The molecule has 0 bridgehead atoms. The molecule has 0 aliphatic heterocycles. The highest BCUT2D eigenvalue weighted by Gasteiger charge is 2.10. The molecule has 2 heterocycles. The molecule has 0 atom stereocenters. The summed E-state index contributed by atoms with van der Waals surface area (Å²) < 4.78 is 0. The van der Waals surface area contributed by atoms with Crippen LogP contribution < -0.4 is 10.8 Å². The molecule has 0 radical (unpaired) electrons. The Bertz CT molecular complexity index is 527. The van der Waals surface area contributed by atoms with Crippen LogP contribution in [0.15, 0.2) is 48.8 Å². The fraction of sp³-hybridized carbons (Fsp3) is 0.353. The van der Waals surface area contributed by atoms with Crippen LogP contribution in [0.4, 0.5) is 11.6 Å². The number of carboxylic acid groups (broad SMARTS) is 1. The normalized spacial score (nSPS) is 9.75. The Kier molecular flexibility index (Phi) is 9.75. The Morgan fingerprint density at radius 1 is 0.917 bits per heavy atom. The van der Waals surface area contributed by atoms with E-state index in [0.29, 0.717) is 0 Å². The fourth-order valence-corrected chi connectivity index (χ4v) is 2.27. The molecule has 0 aromatic carbocycles. The SMILES string of the molecule is NO.O=C(O)CCCCCCN(c1ccccn1)c1ccccn1. The number of unbranched alkanes of at least 4 members (excludes halogenated alkanes) is 3. The van der Waals surface area contributed by atoms with Crippen LogP contribution >= 0.6 is 0 Å². The van der Waals surface area contributed by atoms with Crippen molar-refractivity contribution in [2.45, 2.75) is 32.1 Å². The Balaban J connectivity index is 0.00000139. The molecule has 7 nitrogen and oxygen atoms in total. The van der Waals surface area contributed by atoms with Gasteiger partial charge in [-0.05, 0) is 37.1 Å². The van der Waals surface area contributed by atoms with Crippen LogP contribution in [0.3, 0.4) is 0 Å². The van der Waals surface area contributed by atoms with Crippen LogP contribution in [0, 0.1) is 0 Å². The maximum absolute atomic E-state index is 10.5. The smallest absolute Gasteiger partial charge is 0.303 e. The van der Waals surface area contributed by atoms with Crippen LogP contribution in [0.25, 0.3) is 0 Å². The molecule has 130 valence electrons. The van der Waals surface area contributed by atoms with Gasteiger partial charge in [-0.2, -0.15) is 0 Å². The van der Waals surface area contributed by atoms with Gasteiger partial charge in [-0.1, -0.05) is 25.0 Å². The van der Waals surface area contributed by atoms with Crippen molar-refractivity contribution in [3.63, 3.8) is 0 Å². The molecule has 0 aliphatic carbocycles. The van der Waals surface area contributed by atoms with Crippen LogP contribution in [0.1, 0.15) is 32.1 Å². The van der Waals surface area contributed by atoms with E-state index in [4.69, 9.17) is 10.3 Å². The molecule has 2 rings (SSSR count). The van der Waals surface area contributed by atoms with Gasteiger partial charge < -0.3 is 15.2 Å². The second-order valence-corrected chi connectivity index (χ2v) is 5.09. The van der Waals surface area contributed by atoms with Gasteiger partial charge in [-0.3, -0.25) is 4.79 Å². The summed E-state index contributed by atoms with van der Waals surface area (Å²) in [6.45, 7) is 0.821. The first-order valence-electron chi connectivity index (χ1n) is 7.84. The van der Waals surface area contributed by atoms with Crippen molar-refractivity contribution in [2.24, 2.45) is 5.90 Å². The maximum Gasteiger partial charge on any atom is 0.303 e. The predicted octanol–water partition coefficient (Wildman–Crippen LogP) is 2.98. The highest BCUT2D eigenvalue weighted by Crippen LogP contribution is 2.21. The molecular weight excluding hydrogens is 308 g/mol. The zero-order valence-corrected chi connectivity index (χ0v) is 13.6. The van der Waals surface area contributed by atoms with Gasteiger partial charge in [0.05, 0.1) is 0 Å². The predicted molar refractivity (Wildman–Crippen MR) is 92.2 cm³/mol. The van der Waals surface area contributed by atoms with Crippen molar-refractivity contribution in [1.82, 2.24) is 9.97 Å². The highest BCUT2D eigenvalue weighted by molar-refractivity contribution is 5.66. The van der Waals surface area contributed by atoms with Crippen LogP contribution in [0.5, 0.6) is 0 Å². The summed E-state index contributed by atoms with van der Waals surface area (Å²) in [5.41, 5.74) is 0. The van der Waals surface area contributed by atoms with E-state index in [-0.39, 0.29) is 6.42 Å². The molecule has 0 saturated carbocycles. The van der Waals surface area contributed by atoms with Crippen molar-refractivity contribution in [3.8, 4) is 0 Å². The van der Waals surface area contributed by atoms with Gasteiger partial charge in [0.1, 0.15) is 11.6 Å². The van der Waals surface area contributed by atoms with Gasteiger partial charge in [0, 0.05) is 25.4 Å². The highest BCUT2D eigenvalue weighted by atomic mass is 16.4. The molecule has 0 amide bonds. The molecule has 0 unspecified atom stereocenters. The molecule has 24 heavy (non-hydrogen) atoms. The number of aliphatic carboxylic acids is 1. The van der Waals surface area contributed by atoms with E-state index >= 15 is 0 Å². The molecule has 7 heteroatoms. The minimum atomic E-state index is -0.719. The second kappa shape index (κ2) is 12.0. The Hall–Kier alpha value is -2.51. The van der Waals surface area contributed by atoms with Gasteiger partial charge in [-0.25, -0.2) is 15.9 Å². The van der Waals surface area contributed by atoms with Crippen LogP contribution in [-0.2, 0) is 4.79 Å². The fourth-order valence-electron chi connectivity index (χ4n) is 2.27. The number of nitrogens with two attached hydrogens (primary N) is 1. The quantitative estimate of drug-likeness (QED) is 0.478. The van der Waals surface area contributed by atoms with Gasteiger partial charge in [0.25, 0.3) is 0 Å². The summed E-state index contributed by atoms with van der Waals surface area (Å²) in [5.74, 6) is 4.54. The van der Waals surface area contributed by atoms with Gasteiger partial charge >= 0.3 is 5.97 Å². The third-order valence-corrected chi connectivity index (χ3v) is 3.37. The molecule has 0 aliphatic rings. The van der Waals surface area contributed by atoms with E-state index in [1.54, 1.807) is 12.4 Å². The number of carboxylic acids is 1. The number of rotatable bonds is 9. The summed E-state index contributed by atoms with van der Waals surface area (Å²) in [6.07, 6.45) is 7.46. The Labute approximate surface area is 141 Å². The monoisotopic (exact) mass is 332 g/mol. The van der Waals surface area contributed by atoms with Crippen molar-refractivity contribution < 1.29 is 15.1 Å². The topological polar surface area (TPSA) is 113 Å².